The van der Waals surface area contributed by atoms with Crippen LogP contribution in [-0.2, 0) is 4.79 Å². The van der Waals surface area contributed by atoms with Crippen molar-refractivity contribution in [1.82, 2.24) is 20.1 Å². The summed E-state index contributed by atoms with van der Waals surface area (Å²) < 4.78 is 1.79. The Bertz CT molecular complexity index is 1110. The quantitative estimate of drug-likeness (QED) is 0.683. The smallest absolute Gasteiger partial charge is 0.329 e. The molecular formula is C20H22N4O3S. The highest BCUT2D eigenvalue weighted by atomic mass is 32.1. The highest BCUT2D eigenvalue weighted by molar-refractivity contribution is 7.12. The van der Waals surface area contributed by atoms with Crippen molar-refractivity contribution >= 4 is 34.2 Å². The van der Waals surface area contributed by atoms with Gasteiger partial charge < -0.3 is 10.4 Å². The Balaban J connectivity index is 1.88. The SMILES string of the molecule is Cc1cc(-c2cc(C(=O)NC3(C(=O)O)CC3)c3cnn(C(C)C)c3n2)c(C)s1. The van der Waals surface area contributed by atoms with E-state index in [1.54, 1.807) is 28.3 Å². The first-order valence-electron chi connectivity index (χ1n) is 9.23. The van der Waals surface area contributed by atoms with Crippen LogP contribution in [0, 0.1) is 13.8 Å². The molecule has 0 unspecified atom stereocenters. The number of carboxylic acid groups (broad SMARTS) is 1. The van der Waals surface area contributed by atoms with E-state index in [2.05, 4.69) is 16.5 Å². The molecule has 0 atom stereocenters. The first-order chi connectivity index (χ1) is 13.2. The van der Waals surface area contributed by atoms with Crippen molar-refractivity contribution in [1.29, 1.82) is 0 Å². The molecule has 0 aromatic carbocycles. The molecule has 8 heteroatoms. The Hall–Kier alpha value is -2.74. The molecule has 1 aliphatic rings. The normalized spacial score (nSPS) is 15.2. The molecule has 3 aromatic rings. The van der Waals surface area contributed by atoms with Gasteiger partial charge in [-0.05, 0) is 52.7 Å². The van der Waals surface area contributed by atoms with Gasteiger partial charge in [0.05, 0.1) is 22.8 Å². The van der Waals surface area contributed by atoms with Crippen LogP contribution in [0.4, 0.5) is 0 Å². The van der Waals surface area contributed by atoms with Crippen LogP contribution in [0.3, 0.4) is 0 Å². The number of carbonyl (C=O) groups excluding carboxylic acids is 1. The van der Waals surface area contributed by atoms with Gasteiger partial charge >= 0.3 is 5.97 Å². The Morgan fingerprint density at radius 1 is 1.29 bits per heavy atom. The second kappa shape index (κ2) is 6.41. The molecule has 1 saturated carbocycles. The molecule has 0 spiro atoms. The number of nitrogens with one attached hydrogen (secondary N) is 1. The van der Waals surface area contributed by atoms with E-state index in [-0.39, 0.29) is 6.04 Å². The summed E-state index contributed by atoms with van der Waals surface area (Å²) in [5.74, 6) is -1.39. The van der Waals surface area contributed by atoms with E-state index in [0.717, 1.165) is 10.4 Å². The minimum absolute atomic E-state index is 0.0789. The maximum atomic E-state index is 13.0. The summed E-state index contributed by atoms with van der Waals surface area (Å²) in [6, 6.07) is 3.89. The maximum Gasteiger partial charge on any atom is 0.329 e. The second-order valence-corrected chi connectivity index (χ2v) is 9.10. The van der Waals surface area contributed by atoms with E-state index in [9.17, 15) is 14.7 Å². The van der Waals surface area contributed by atoms with Crippen LogP contribution in [0.15, 0.2) is 18.3 Å². The number of aromatic nitrogens is 3. The molecule has 7 nitrogen and oxygen atoms in total. The summed E-state index contributed by atoms with van der Waals surface area (Å²) in [5.41, 5.74) is 1.57. The number of hydrogen-bond donors (Lipinski definition) is 2. The van der Waals surface area contributed by atoms with Crippen LogP contribution in [0.5, 0.6) is 0 Å². The molecule has 0 aliphatic heterocycles. The molecule has 0 bridgehead atoms. The van der Waals surface area contributed by atoms with Crippen molar-refractivity contribution in [3.8, 4) is 11.3 Å². The van der Waals surface area contributed by atoms with Gasteiger partial charge in [0.1, 0.15) is 5.54 Å². The van der Waals surface area contributed by atoms with Gasteiger partial charge in [-0.1, -0.05) is 0 Å². The Morgan fingerprint density at radius 2 is 2.00 bits per heavy atom. The number of thiophene rings is 1. The first-order valence-corrected chi connectivity index (χ1v) is 10.0. The minimum Gasteiger partial charge on any atom is -0.480 e. The molecule has 1 amide bonds. The Labute approximate surface area is 166 Å². The predicted molar refractivity (Wildman–Crippen MR) is 108 cm³/mol. The van der Waals surface area contributed by atoms with Gasteiger partial charge in [-0.3, -0.25) is 4.79 Å². The zero-order chi connectivity index (χ0) is 20.2. The first kappa shape index (κ1) is 18.6. The molecule has 0 radical (unpaired) electrons. The van der Waals surface area contributed by atoms with Gasteiger partial charge in [0.2, 0.25) is 0 Å². The number of carboxylic acids is 1. The lowest BCUT2D eigenvalue weighted by atomic mass is 10.1. The predicted octanol–water partition coefficient (Wildman–Crippen LogP) is 3.70. The highest BCUT2D eigenvalue weighted by Crippen LogP contribution is 2.37. The van der Waals surface area contributed by atoms with Crippen molar-refractivity contribution in [2.75, 3.05) is 0 Å². The van der Waals surface area contributed by atoms with Crippen molar-refractivity contribution in [3.63, 3.8) is 0 Å². The van der Waals surface area contributed by atoms with Crippen molar-refractivity contribution in [2.45, 2.75) is 52.1 Å². The summed E-state index contributed by atoms with van der Waals surface area (Å²) in [6.45, 7) is 8.08. The zero-order valence-corrected chi connectivity index (χ0v) is 17.1. The van der Waals surface area contributed by atoms with Crippen LogP contribution in [0.25, 0.3) is 22.3 Å². The number of nitrogens with zero attached hydrogens (tertiary/aromatic N) is 3. The van der Waals surface area contributed by atoms with E-state index < -0.39 is 17.4 Å². The fourth-order valence-corrected chi connectivity index (χ4v) is 4.34. The molecule has 1 aliphatic carbocycles. The number of hydrogen-bond acceptors (Lipinski definition) is 5. The zero-order valence-electron chi connectivity index (χ0n) is 16.2. The molecule has 3 aromatic heterocycles. The number of aryl methyl sites for hydroxylation is 2. The molecule has 146 valence electrons. The van der Waals surface area contributed by atoms with E-state index in [4.69, 9.17) is 4.98 Å². The third kappa shape index (κ3) is 2.97. The number of pyridine rings is 1. The molecule has 0 saturated heterocycles. The van der Waals surface area contributed by atoms with E-state index in [1.807, 2.05) is 27.7 Å². The summed E-state index contributed by atoms with van der Waals surface area (Å²) >= 11 is 1.68. The van der Waals surface area contributed by atoms with E-state index >= 15 is 0 Å². The standard InChI is InChI=1S/C20H22N4O3S/c1-10(2)24-17-15(9-21-24)14(18(25)23-20(5-6-20)19(26)27)8-16(22-17)13-7-11(3)28-12(13)4/h7-10H,5-6H2,1-4H3,(H,23,25)(H,26,27). The average molecular weight is 398 g/mol. The number of fused-ring (bicyclic) bond motifs is 1. The number of aliphatic carboxylic acids is 1. The Kier molecular flexibility index (Phi) is 4.26. The fourth-order valence-electron chi connectivity index (χ4n) is 3.41. The van der Waals surface area contributed by atoms with E-state index in [1.165, 1.54) is 4.88 Å². The molecule has 1 fully saturated rings. The van der Waals surface area contributed by atoms with Gasteiger partial charge in [0.15, 0.2) is 5.65 Å². The van der Waals surface area contributed by atoms with Crippen LogP contribution >= 0.6 is 11.3 Å². The summed E-state index contributed by atoms with van der Waals surface area (Å²) in [7, 11) is 0. The van der Waals surface area contributed by atoms with Crippen molar-refractivity contribution in [3.05, 3.63) is 33.6 Å². The van der Waals surface area contributed by atoms with Gasteiger partial charge in [-0.25, -0.2) is 14.5 Å². The van der Waals surface area contributed by atoms with E-state index in [0.29, 0.717) is 35.1 Å². The van der Waals surface area contributed by atoms with Crippen LogP contribution < -0.4 is 5.32 Å². The number of carbonyl (C=O) groups is 2. The summed E-state index contributed by atoms with van der Waals surface area (Å²) in [6.07, 6.45) is 2.53. The fraction of sp³-hybridized carbons (Fsp3) is 0.400. The monoisotopic (exact) mass is 398 g/mol. The largest absolute Gasteiger partial charge is 0.480 e. The molecular weight excluding hydrogens is 376 g/mol. The molecule has 4 rings (SSSR count). The third-order valence-corrected chi connectivity index (χ3v) is 6.10. The average Bonchev–Trinajstić information content (AvgIpc) is 3.15. The molecule has 28 heavy (non-hydrogen) atoms. The maximum absolute atomic E-state index is 13.0. The van der Waals surface area contributed by atoms with Crippen LogP contribution in [0.1, 0.15) is 52.8 Å². The molecule has 3 heterocycles. The highest BCUT2D eigenvalue weighted by Gasteiger charge is 2.51. The number of rotatable bonds is 5. The lowest BCUT2D eigenvalue weighted by Gasteiger charge is -2.14. The van der Waals surface area contributed by atoms with Gasteiger partial charge in [-0.15, -0.1) is 11.3 Å². The summed E-state index contributed by atoms with van der Waals surface area (Å²) in [5, 5.41) is 17.2. The third-order valence-electron chi connectivity index (χ3n) is 5.13. The van der Waals surface area contributed by atoms with Gasteiger partial charge in [0, 0.05) is 21.4 Å². The second-order valence-electron chi connectivity index (χ2n) is 7.64. The van der Waals surface area contributed by atoms with Crippen molar-refractivity contribution < 1.29 is 14.7 Å². The topological polar surface area (TPSA) is 97.1 Å². The summed E-state index contributed by atoms with van der Waals surface area (Å²) in [4.78, 5) is 31.6. The Morgan fingerprint density at radius 3 is 2.54 bits per heavy atom. The van der Waals surface area contributed by atoms with Crippen LogP contribution in [0.2, 0.25) is 0 Å². The lowest BCUT2D eigenvalue weighted by molar-refractivity contribution is -0.140. The van der Waals surface area contributed by atoms with Crippen LogP contribution in [-0.4, -0.2) is 37.3 Å². The van der Waals surface area contributed by atoms with Crippen molar-refractivity contribution in [2.24, 2.45) is 0 Å². The number of amides is 1. The molecule has 2 N–H and O–H groups in total. The van der Waals surface area contributed by atoms with Gasteiger partial charge in [-0.2, -0.15) is 5.10 Å². The van der Waals surface area contributed by atoms with Gasteiger partial charge in [0.25, 0.3) is 5.91 Å². The minimum atomic E-state index is -1.14. The lowest BCUT2D eigenvalue weighted by Crippen LogP contribution is -2.43.